The molecule has 1 saturated heterocycles. The first-order valence-corrected chi connectivity index (χ1v) is 10.9. The van der Waals surface area contributed by atoms with Crippen molar-refractivity contribution in [2.45, 2.75) is 18.3 Å². The standard InChI is InChI=1S/C23H22BrN5O/c24-19-8-4-7-18(15-19)23(11-13-30-14-12-23)16-25-20-9-10-21-26-27-22(29(21)28-20)17-5-2-1-3-6-17/h1-10,15H,11-14,16H2,(H,25,28). The summed E-state index contributed by atoms with van der Waals surface area (Å²) in [6, 6.07) is 22.5. The smallest absolute Gasteiger partial charge is 0.185 e. The van der Waals surface area contributed by atoms with Crippen molar-refractivity contribution >= 4 is 27.4 Å². The number of ether oxygens (including phenoxy) is 1. The fourth-order valence-electron chi connectivity index (χ4n) is 4.06. The van der Waals surface area contributed by atoms with Crippen molar-refractivity contribution in [2.24, 2.45) is 0 Å². The molecule has 6 nitrogen and oxygen atoms in total. The molecule has 0 atom stereocenters. The van der Waals surface area contributed by atoms with Gasteiger partial charge in [-0.3, -0.25) is 0 Å². The molecule has 5 rings (SSSR count). The van der Waals surface area contributed by atoms with Crippen LogP contribution in [0.5, 0.6) is 0 Å². The van der Waals surface area contributed by atoms with E-state index in [-0.39, 0.29) is 5.41 Å². The van der Waals surface area contributed by atoms with E-state index in [0.29, 0.717) is 0 Å². The van der Waals surface area contributed by atoms with Crippen molar-refractivity contribution in [3.63, 3.8) is 0 Å². The molecule has 1 aliphatic heterocycles. The highest BCUT2D eigenvalue weighted by atomic mass is 79.9. The van der Waals surface area contributed by atoms with Gasteiger partial charge < -0.3 is 10.1 Å². The molecule has 1 aliphatic rings. The number of hydrogen-bond donors (Lipinski definition) is 1. The van der Waals surface area contributed by atoms with Gasteiger partial charge in [-0.05, 0) is 42.7 Å². The van der Waals surface area contributed by atoms with E-state index in [1.807, 2.05) is 42.5 Å². The molecule has 0 saturated carbocycles. The molecule has 2 aromatic heterocycles. The van der Waals surface area contributed by atoms with Crippen LogP contribution < -0.4 is 5.32 Å². The minimum absolute atomic E-state index is 0.00805. The maximum Gasteiger partial charge on any atom is 0.185 e. The molecular weight excluding hydrogens is 442 g/mol. The quantitative estimate of drug-likeness (QED) is 0.464. The summed E-state index contributed by atoms with van der Waals surface area (Å²) in [5, 5.41) is 16.9. The number of nitrogens with one attached hydrogen (secondary N) is 1. The Bertz CT molecular complexity index is 1150. The van der Waals surface area contributed by atoms with E-state index >= 15 is 0 Å². The summed E-state index contributed by atoms with van der Waals surface area (Å²) in [6.45, 7) is 2.32. The van der Waals surface area contributed by atoms with Crippen molar-refractivity contribution in [1.82, 2.24) is 19.8 Å². The average molecular weight is 464 g/mol. The molecule has 2 aromatic carbocycles. The molecule has 0 unspecified atom stereocenters. The SMILES string of the molecule is Brc1cccc(C2(CNc3ccc4nnc(-c5ccccc5)n4n3)CCOCC2)c1. The minimum Gasteiger partial charge on any atom is -0.381 e. The molecule has 0 amide bonds. The van der Waals surface area contributed by atoms with Crippen LogP contribution in [0, 0.1) is 0 Å². The number of anilines is 1. The maximum absolute atomic E-state index is 5.66. The number of halogens is 1. The largest absolute Gasteiger partial charge is 0.381 e. The molecule has 30 heavy (non-hydrogen) atoms. The van der Waals surface area contributed by atoms with Crippen molar-refractivity contribution in [3.05, 3.63) is 76.8 Å². The molecule has 1 fully saturated rings. The summed E-state index contributed by atoms with van der Waals surface area (Å²) in [5.41, 5.74) is 3.05. The third-order valence-corrected chi connectivity index (χ3v) is 6.28. The number of nitrogens with zero attached hydrogens (tertiary/aromatic N) is 4. The Hall–Kier alpha value is -2.77. The summed E-state index contributed by atoms with van der Waals surface area (Å²) >= 11 is 3.62. The van der Waals surface area contributed by atoms with Gasteiger partial charge in [0.1, 0.15) is 5.82 Å². The van der Waals surface area contributed by atoms with Crippen LogP contribution in [0.2, 0.25) is 0 Å². The molecular formula is C23H22BrN5O. The molecule has 0 radical (unpaired) electrons. The first kappa shape index (κ1) is 19.2. The second-order valence-corrected chi connectivity index (χ2v) is 8.55. The van der Waals surface area contributed by atoms with Crippen LogP contribution in [0.1, 0.15) is 18.4 Å². The normalized spacial score (nSPS) is 15.9. The van der Waals surface area contributed by atoms with Gasteiger partial charge >= 0.3 is 0 Å². The predicted octanol–water partition coefficient (Wildman–Crippen LogP) is 4.71. The van der Waals surface area contributed by atoms with E-state index in [1.165, 1.54) is 5.56 Å². The third kappa shape index (κ3) is 3.70. The van der Waals surface area contributed by atoms with Gasteiger partial charge in [-0.1, -0.05) is 58.4 Å². The van der Waals surface area contributed by atoms with E-state index in [1.54, 1.807) is 4.52 Å². The van der Waals surface area contributed by atoms with Gasteiger partial charge in [0.15, 0.2) is 11.5 Å². The van der Waals surface area contributed by atoms with Crippen molar-refractivity contribution in [1.29, 1.82) is 0 Å². The van der Waals surface area contributed by atoms with Crippen LogP contribution in [0.4, 0.5) is 5.82 Å². The molecule has 152 valence electrons. The third-order valence-electron chi connectivity index (χ3n) is 5.79. The summed E-state index contributed by atoms with van der Waals surface area (Å²) in [6.07, 6.45) is 1.95. The van der Waals surface area contributed by atoms with Crippen LogP contribution in [0.25, 0.3) is 17.0 Å². The van der Waals surface area contributed by atoms with Crippen LogP contribution in [0.15, 0.2) is 71.2 Å². The number of benzene rings is 2. The summed E-state index contributed by atoms with van der Waals surface area (Å²) in [5.74, 6) is 1.54. The summed E-state index contributed by atoms with van der Waals surface area (Å²) in [4.78, 5) is 0. The topological polar surface area (TPSA) is 64.3 Å². The second-order valence-electron chi connectivity index (χ2n) is 7.63. The monoisotopic (exact) mass is 463 g/mol. The molecule has 7 heteroatoms. The zero-order chi connectivity index (χ0) is 20.4. The predicted molar refractivity (Wildman–Crippen MR) is 121 cm³/mol. The molecule has 4 aromatic rings. The lowest BCUT2D eigenvalue weighted by molar-refractivity contribution is 0.0543. The fourth-order valence-corrected chi connectivity index (χ4v) is 4.46. The lowest BCUT2D eigenvalue weighted by Gasteiger charge is -2.38. The van der Waals surface area contributed by atoms with E-state index < -0.39 is 0 Å². The zero-order valence-corrected chi connectivity index (χ0v) is 18.0. The lowest BCUT2D eigenvalue weighted by atomic mass is 9.74. The average Bonchev–Trinajstić information content (AvgIpc) is 3.22. The Morgan fingerprint density at radius 3 is 2.60 bits per heavy atom. The Balaban J connectivity index is 1.44. The number of hydrogen-bond acceptors (Lipinski definition) is 5. The summed E-state index contributed by atoms with van der Waals surface area (Å²) < 4.78 is 8.56. The maximum atomic E-state index is 5.66. The van der Waals surface area contributed by atoms with E-state index in [2.05, 4.69) is 55.7 Å². The Morgan fingerprint density at radius 1 is 0.967 bits per heavy atom. The Morgan fingerprint density at radius 2 is 1.80 bits per heavy atom. The highest BCUT2D eigenvalue weighted by Gasteiger charge is 2.34. The number of rotatable bonds is 5. The second kappa shape index (κ2) is 8.16. The van der Waals surface area contributed by atoms with Crippen LogP contribution in [0.3, 0.4) is 0 Å². The zero-order valence-electron chi connectivity index (χ0n) is 16.5. The molecule has 1 N–H and O–H groups in total. The van der Waals surface area contributed by atoms with Crippen LogP contribution in [-0.2, 0) is 10.2 Å². The Labute approximate surface area is 183 Å². The lowest BCUT2D eigenvalue weighted by Crippen LogP contribution is -2.40. The van der Waals surface area contributed by atoms with Gasteiger partial charge in [0.05, 0.1) is 0 Å². The van der Waals surface area contributed by atoms with Gasteiger partial charge in [-0.15, -0.1) is 15.3 Å². The first-order valence-electron chi connectivity index (χ1n) is 10.1. The highest BCUT2D eigenvalue weighted by molar-refractivity contribution is 9.10. The molecule has 0 bridgehead atoms. The van der Waals surface area contributed by atoms with Gasteiger partial charge in [0, 0.05) is 35.2 Å². The van der Waals surface area contributed by atoms with Gasteiger partial charge in [-0.25, -0.2) is 0 Å². The minimum atomic E-state index is 0.00805. The van der Waals surface area contributed by atoms with Gasteiger partial charge in [-0.2, -0.15) is 4.52 Å². The summed E-state index contributed by atoms with van der Waals surface area (Å²) in [7, 11) is 0. The molecule has 0 spiro atoms. The van der Waals surface area contributed by atoms with Crippen LogP contribution >= 0.6 is 15.9 Å². The highest BCUT2D eigenvalue weighted by Crippen LogP contribution is 2.36. The molecule has 0 aliphatic carbocycles. The van der Waals surface area contributed by atoms with Gasteiger partial charge in [0.25, 0.3) is 0 Å². The van der Waals surface area contributed by atoms with Crippen molar-refractivity contribution in [3.8, 4) is 11.4 Å². The van der Waals surface area contributed by atoms with E-state index in [4.69, 9.17) is 9.84 Å². The van der Waals surface area contributed by atoms with E-state index in [0.717, 1.165) is 59.9 Å². The van der Waals surface area contributed by atoms with Crippen molar-refractivity contribution < 1.29 is 4.74 Å². The van der Waals surface area contributed by atoms with Crippen LogP contribution in [-0.4, -0.2) is 39.6 Å². The Kier molecular flexibility index (Phi) is 5.23. The first-order chi connectivity index (χ1) is 14.7. The number of fused-ring (bicyclic) bond motifs is 1. The number of aromatic nitrogens is 4. The van der Waals surface area contributed by atoms with E-state index in [9.17, 15) is 0 Å². The van der Waals surface area contributed by atoms with Crippen molar-refractivity contribution in [2.75, 3.05) is 25.1 Å². The molecule has 3 heterocycles. The fraction of sp³-hybridized carbons (Fsp3) is 0.261. The van der Waals surface area contributed by atoms with Gasteiger partial charge in [0.2, 0.25) is 0 Å².